The first kappa shape index (κ1) is 47.4. The highest BCUT2D eigenvalue weighted by Crippen LogP contribution is 2.14. The molecule has 0 radical (unpaired) electrons. The van der Waals surface area contributed by atoms with Crippen LogP contribution in [0.5, 0.6) is 0 Å². The van der Waals surface area contributed by atoms with Crippen LogP contribution in [0.1, 0.15) is 127 Å². The van der Waals surface area contributed by atoms with Gasteiger partial charge in [-0.05, 0) is 101 Å². The van der Waals surface area contributed by atoms with Gasteiger partial charge in [0.15, 0.2) is 0 Å². The zero-order valence-electron chi connectivity index (χ0n) is 33.4. The molecule has 2 heterocycles. The highest BCUT2D eigenvalue weighted by Gasteiger charge is 2.10. The Hall–Kier alpha value is -2.58. The van der Waals surface area contributed by atoms with Crippen molar-refractivity contribution in [1.29, 1.82) is 0 Å². The van der Waals surface area contributed by atoms with Crippen molar-refractivity contribution in [1.82, 2.24) is 16.0 Å². The van der Waals surface area contributed by atoms with Crippen LogP contribution in [0.3, 0.4) is 0 Å². The summed E-state index contributed by atoms with van der Waals surface area (Å²) >= 11 is 0. The average Bonchev–Trinajstić information content (AvgIpc) is 3.74. The number of nitrogens with two attached hydrogens (primary N) is 1. The SMILES string of the molecule is CC(C[NH3+])c1ccccc1.CC(C[NH3+])c1ccccc1.CCC(N)c1ccccc1.CCCNC.CC[C@@H]1CCCN1.CC[C@H]1CCCNC1. The lowest BCUT2D eigenvalue weighted by Gasteiger charge is -2.20. The van der Waals surface area contributed by atoms with Crippen LogP contribution in [-0.4, -0.2) is 52.4 Å². The fourth-order valence-corrected chi connectivity index (χ4v) is 5.46. The summed E-state index contributed by atoms with van der Waals surface area (Å²) in [5, 5.41) is 9.81. The lowest BCUT2D eigenvalue weighted by molar-refractivity contribution is -0.372. The van der Waals surface area contributed by atoms with E-state index in [0.29, 0.717) is 11.8 Å². The molecule has 2 fully saturated rings. The third-order valence-electron chi connectivity index (χ3n) is 9.40. The zero-order chi connectivity index (χ0) is 37.2. The summed E-state index contributed by atoms with van der Waals surface area (Å²) in [5.41, 5.74) is 17.5. The Morgan fingerprint density at radius 1 is 0.700 bits per heavy atom. The third kappa shape index (κ3) is 24.5. The van der Waals surface area contributed by atoms with Gasteiger partial charge >= 0.3 is 0 Å². The smallest absolute Gasteiger partial charge is 0.0806 e. The molecular weight excluding hydrogens is 613 g/mol. The topological polar surface area (TPSA) is 117 Å². The minimum absolute atomic E-state index is 0.209. The molecule has 50 heavy (non-hydrogen) atoms. The Labute approximate surface area is 309 Å². The minimum Gasteiger partial charge on any atom is -0.357 e. The molecule has 0 saturated carbocycles. The Balaban J connectivity index is 0.000000584. The predicted octanol–water partition coefficient (Wildman–Crippen LogP) is 7.32. The van der Waals surface area contributed by atoms with Crippen LogP contribution >= 0.6 is 0 Å². The van der Waals surface area contributed by atoms with Crippen LogP contribution in [0.25, 0.3) is 0 Å². The number of nitrogens with one attached hydrogen (secondary N) is 3. The molecule has 5 rings (SSSR count). The number of rotatable bonds is 10. The lowest BCUT2D eigenvalue weighted by atomic mass is 9.97. The van der Waals surface area contributed by atoms with Crippen LogP contribution in [0.2, 0.25) is 0 Å². The van der Waals surface area contributed by atoms with Crippen LogP contribution in [0.15, 0.2) is 91.0 Å². The highest BCUT2D eigenvalue weighted by molar-refractivity contribution is 5.19. The van der Waals surface area contributed by atoms with Crippen molar-refractivity contribution in [2.45, 2.75) is 117 Å². The van der Waals surface area contributed by atoms with Crippen molar-refractivity contribution in [3.8, 4) is 0 Å². The molecule has 0 aromatic heterocycles. The highest BCUT2D eigenvalue weighted by atomic mass is 14.9. The van der Waals surface area contributed by atoms with E-state index in [4.69, 9.17) is 5.73 Å². The van der Waals surface area contributed by atoms with Gasteiger partial charge in [-0.1, -0.05) is 139 Å². The third-order valence-corrected chi connectivity index (χ3v) is 9.40. The number of hydrogen-bond donors (Lipinski definition) is 6. The maximum Gasteiger partial charge on any atom is 0.0806 e. The summed E-state index contributed by atoms with van der Waals surface area (Å²) in [4.78, 5) is 0. The van der Waals surface area contributed by atoms with E-state index in [1.165, 1.54) is 81.3 Å². The first-order valence-corrected chi connectivity index (χ1v) is 19.9. The van der Waals surface area contributed by atoms with E-state index >= 15 is 0 Å². The lowest BCUT2D eigenvalue weighted by Crippen LogP contribution is -2.52. The summed E-state index contributed by atoms with van der Waals surface area (Å²) in [6.45, 7) is 20.0. The van der Waals surface area contributed by atoms with Crippen molar-refractivity contribution in [2.75, 3.05) is 46.3 Å². The van der Waals surface area contributed by atoms with Crippen LogP contribution in [0, 0.1) is 5.92 Å². The van der Waals surface area contributed by atoms with Crippen molar-refractivity contribution in [2.24, 2.45) is 11.7 Å². The van der Waals surface area contributed by atoms with Crippen LogP contribution in [0.4, 0.5) is 0 Å². The van der Waals surface area contributed by atoms with Crippen LogP contribution < -0.4 is 33.2 Å². The largest absolute Gasteiger partial charge is 0.357 e. The van der Waals surface area contributed by atoms with E-state index in [0.717, 1.165) is 38.0 Å². The van der Waals surface area contributed by atoms with E-state index in [1.807, 2.05) is 37.4 Å². The fourth-order valence-electron chi connectivity index (χ4n) is 5.46. The summed E-state index contributed by atoms with van der Waals surface area (Å²) in [6.07, 6.45) is 10.5. The van der Waals surface area contributed by atoms with Crippen molar-refractivity contribution < 1.29 is 11.5 Å². The molecule has 0 amide bonds. The molecule has 0 aliphatic carbocycles. The van der Waals surface area contributed by atoms with E-state index in [2.05, 4.69) is 130 Å². The Morgan fingerprint density at radius 3 is 1.44 bits per heavy atom. The van der Waals surface area contributed by atoms with Gasteiger partial charge in [-0.2, -0.15) is 0 Å². The quantitative estimate of drug-likeness (QED) is 0.134. The molecule has 2 aliphatic heterocycles. The van der Waals surface area contributed by atoms with E-state index in [9.17, 15) is 0 Å². The fraction of sp³-hybridized carbons (Fsp3) is 0.591. The normalized spacial score (nSPS) is 17.9. The summed E-state index contributed by atoms with van der Waals surface area (Å²) < 4.78 is 0. The monoisotopic (exact) mass is 693 g/mol. The van der Waals surface area contributed by atoms with E-state index in [-0.39, 0.29) is 6.04 Å². The number of piperidine rings is 1. The molecule has 0 bridgehead atoms. The molecular formula is C44H80N6+2. The number of hydrogen-bond acceptors (Lipinski definition) is 4. The van der Waals surface area contributed by atoms with Gasteiger partial charge in [0.2, 0.25) is 0 Å². The molecule has 5 atom stereocenters. The van der Waals surface area contributed by atoms with E-state index < -0.39 is 0 Å². The first-order chi connectivity index (χ1) is 24.3. The molecule has 284 valence electrons. The van der Waals surface area contributed by atoms with Gasteiger partial charge in [0.1, 0.15) is 0 Å². The molecule has 3 aromatic rings. The minimum atomic E-state index is 0.209. The maximum atomic E-state index is 5.79. The summed E-state index contributed by atoms with van der Waals surface area (Å²) in [5.74, 6) is 2.17. The van der Waals surface area contributed by atoms with Gasteiger partial charge in [-0.15, -0.1) is 0 Å². The van der Waals surface area contributed by atoms with Crippen molar-refractivity contribution in [3.63, 3.8) is 0 Å². The van der Waals surface area contributed by atoms with Gasteiger partial charge in [0.05, 0.1) is 13.1 Å². The Morgan fingerprint density at radius 2 is 1.18 bits per heavy atom. The molecule has 3 unspecified atom stereocenters. The van der Waals surface area contributed by atoms with Gasteiger partial charge in [0.25, 0.3) is 0 Å². The van der Waals surface area contributed by atoms with Gasteiger partial charge < -0.3 is 33.2 Å². The maximum absolute atomic E-state index is 5.79. The zero-order valence-corrected chi connectivity index (χ0v) is 33.4. The standard InChI is InChI=1S/3C9H13N.C7H15N.C6H13N.C4H11N/c2*1-8(7-10)9-5-3-2-4-6-9;1-2-9(10)8-6-4-3-5-7-8;1-2-7-4-3-5-8-6-7;1-2-6-4-3-5-7-6;1-3-4-5-2/h2*2-6,8H,7,10H2,1H3;3-7,9H,2,10H2,1H3;7-8H,2-6H2,1H3;6-7H,2-5H2,1H3;5H,3-4H2,1-2H3/p+2/t;;;7-;6-;/m...01./s1. The van der Waals surface area contributed by atoms with Gasteiger partial charge in [0, 0.05) is 23.9 Å². The molecule has 6 heteroatoms. The summed E-state index contributed by atoms with van der Waals surface area (Å²) in [7, 11) is 1.96. The van der Waals surface area contributed by atoms with Gasteiger partial charge in [-0.3, -0.25) is 0 Å². The van der Waals surface area contributed by atoms with Gasteiger partial charge in [-0.25, -0.2) is 0 Å². The first-order valence-electron chi connectivity index (χ1n) is 19.9. The average molecular weight is 693 g/mol. The van der Waals surface area contributed by atoms with Crippen LogP contribution in [-0.2, 0) is 0 Å². The number of quaternary nitrogens is 2. The molecule has 2 saturated heterocycles. The second kappa shape index (κ2) is 33.6. The second-order valence-electron chi connectivity index (χ2n) is 13.6. The van der Waals surface area contributed by atoms with Crippen molar-refractivity contribution in [3.05, 3.63) is 108 Å². The molecule has 3 aromatic carbocycles. The number of benzene rings is 3. The molecule has 6 nitrogen and oxygen atoms in total. The molecule has 0 spiro atoms. The predicted molar refractivity (Wildman–Crippen MR) is 220 cm³/mol. The Kier molecular flexibility index (Phi) is 31.8. The molecule has 11 N–H and O–H groups in total. The Bertz CT molecular complexity index is 959. The second-order valence-corrected chi connectivity index (χ2v) is 13.6. The van der Waals surface area contributed by atoms with E-state index in [1.54, 1.807) is 0 Å². The summed E-state index contributed by atoms with van der Waals surface area (Å²) in [6, 6.07) is 32.2. The molecule has 2 aliphatic rings. The van der Waals surface area contributed by atoms with Crippen molar-refractivity contribution >= 4 is 0 Å².